The van der Waals surface area contributed by atoms with E-state index in [1.165, 1.54) is 7.11 Å². The summed E-state index contributed by atoms with van der Waals surface area (Å²) in [5.74, 6) is 0.102. The van der Waals surface area contributed by atoms with E-state index in [1.807, 2.05) is 24.3 Å². The van der Waals surface area contributed by atoms with Crippen LogP contribution in [0.15, 0.2) is 54.7 Å². The normalized spacial score (nSPS) is 10.5. The van der Waals surface area contributed by atoms with Crippen LogP contribution in [-0.4, -0.2) is 30.7 Å². The molecule has 0 bridgehead atoms. The predicted octanol–water partition coefficient (Wildman–Crippen LogP) is 3.08. The maximum absolute atomic E-state index is 12.3. The van der Waals surface area contributed by atoms with Gasteiger partial charge in [-0.3, -0.25) is 4.79 Å². The maximum Gasteiger partial charge on any atom is 0.340 e. The number of carbonyl (C=O) groups excluding carboxylic acids is 2. The van der Waals surface area contributed by atoms with Crippen molar-refractivity contribution in [2.75, 3.05) is 19.5 Å². The fraction of sp³-hybridized carbons (Fsp3) is 0.158. The highest BCUT2D eigenvalue weighted by Crippen LogP contribution is 2.22. The molecular weight excluding hydrogens is 320 g/mol. The molecule has 0 atom stereocenters. The summed E-state index contributed by atoms with van der Waals surface area (Å²) in [7, 11) is 2.93. The quantitative estimate of drug-likeness (QED) is 0.726. The molecule has 128 valence electrons. The number of hydrogen-bond acceptors (Lipinski definition) is 4. The summed E-state index contributed by atoms with van der Waals surface area (Å²) in [6.07, 6.45) is 1.64. The number of methoxy groups -OCH3 is 2. The summed E-state index contributed by atoms with van der Waals surface area (Å²) in [6.45, 7) is 0.0868. The van der Waals surface area contributed by atoms with Gasteiger partial charge >= 0.3 is 5.97 Å². The number of ether oxygens (including phenoxy) is 2. The second-order valence-corrected chi connectivity index (χ2v) is 5.46. The van der Waals surface area contributed by atoms with Gasteiger partial charge in [0.15, 0.2) is 0 Å². The van der Waals surface area contributed by atoms with Crippen molar-refractivity contribution in [2.24, 2.45) is 0 Å². The topological polar surface area (TPSA) is 69.6 Å². The lowest BCUT2D eigenvalue weighted by molar-refractivity contribution is -0.116. The Labute approximate surface area is 145 Å². The fourth-order valence-electron chi connectivity index (χ4n) is 2.68. The molecule has 1 aromatic heterocycles. The summed E-state index contributed by atoms with van der Waals surface area (Å²) in [5, 5.41) is 3.58. The lowest BCUT2D eigenvalue weighted by Gasteiger charge is -2.08. The third-order valence-electron chi connectivity index (χ3n) is 3.88. The number of benzene rings is 2. The highest BCUT2D eigenvalue weighted by Gasteiger charge is 2.16. The van der Waals surface area contributed by atoms with Crippen LogP contribution < -0.4 is 10.1 Å². The first-order valence-electron chi connectivity index (χ1n) is 7.72. The zero-order valence-corrected chi connectivity index (χ0v) is 14.0. The van der Waals surface area contributed by atoms with Crippen molar-refractivity contribution < 1.29 is 19.1 Å². The Bertz CT molecular complexity index is 913. The number of esters is 1. The van der Waals surface area contributed by atoms with Crippen molar-refractivity contribution in [1.82, 2.24) is 4.57 Å². The predicted molar refractivity (Wildman–Crippen MR) is 94.9 cm³/mol. The van der Waals surface area contributed by atoms with Crippen molar-refractivity contribution >= 4 is 28.5 Å². The average Bonchev–Trinajstić information content (AvgIpc) is 3.00. The minimum atomic E-state index is -0.425. The van der Waals surface area contributed by atoms with E-state index in [9.17, 15) is 9.59 Å². The van der Waals surface area contributed by atoms with Crippen molar-refractivity contribution in [3.8, 4) is 5.75 Å². The summed E-state index contributed by atoms with van der Waals surface area (Å²) in [4.78, 5) is 24.3. The third kappa shape index (κ3) is 3.47. The van der Waals surface area contributed by atoms with Crippen LogP contribution in [0.3, 0.4) is 0 Å². The number of carbonyl (C=O) groups is 2. The van der Waals surface area contributed by atoms with Gasteiger partial charge in [-0.1, -0.05) is 18.2 Å². The highest BCUT2D eigenvalue weighted by atomic mass is 16.5. The first-order chi connectivity index (χ1) is 12.1. The van der Waals surface area contributed by atoms with Crippen molar-refractivity contribution in [3.05, 3.63) is 60.3 Å². The Morgan fingerprint density at radius 2 is 1.76 bits per heavy atom. The molecule has 3 aromatic rings. The molecule has 1 heterocycles. The fourth-order valence-corrected chi connectivity index (χ4v) is 2.68. The van der Waals surface area contributed by atoms with Crippen LogP contribution in [0.1, 0.15) is 10.4 Å². The molecule has 25 heavy (non-hydrogen) atoms. The van der Waals surface area contributed by atoms with Gasteiger partial charge in [0.2, 0.25) is 5.91 Å². The van der Waals surface area contributed by atoms with Crippen LogP contribution in [0.4, 0.5) is 5.69 Å². The lowest BCUT2D eigenvalue weighted by atomic mass is 10.2. The smallest absolute Gasteiger partial charge is 0.340 e. The summed E-state index contributed by atoms with van der Waals surface area (Å²) < 4.78 is 11.6. The summed E-state index contributed by atoms with van der Waals surface area (Å²) >= 11 is 0. The molecule has 1 N–H and O–H groups in total. The summed E-state index contributed by atoms with van der Waals surface area (Å²) in [5.41, 5.74) is 1.92. The molecule has 0 saturated heterocycles. The molecule has 0 saturated carbocycles. The molecule has 0 aliphatic carbocycles. The molecule has 0 spiro atoms. The first-order valence-corrected chi connectivity index (χ1v) is 7.72. The molecule has 0 radical (unpaired) electrons. The standard InChI is InChI=1S/C19H18N2O4/c1-24-14-9-7-13(8-10-14)20-18(22)12-21-11-16(19(23)25-2)15-5-3-4-6-17(15)21/h3-11H,12H2,1-2H3,(H,20,22). The van der Waals surface area contributed by atoms with E-state index in [0.29, 0.717) is 11.3 Å². The Morgan fingerprint density at radius 1 is 1.04 bits per heavy atom. The van der Waals surface area contributed by atoms with E-state index in [4.69, 9.17) is 9.47 Å². The first kappa shape index (κ1) is 16.6. The zero-order valence-electron chi connectivity index (χ0n) is 14.0. The highest BCUT2D eigenvalue weighted by molar-refractivity contribution is 6.04. The largest absolute Gasteiger partial charge is 0.497 e. The minimum absolute atomic E-state index is 0.0868. The SMILES string of the molecule is COC(=O)c1cn(CC(=O)Nc2ccc(OC)cc2)c2ccccc12. The van der Waals surface area contributed by atoms with Gasteiger partial charge in [-0.05, 0) is 30.3 Å². The monoisotopic (exact) mass is 338 g/mol. The van der Waals surface area contributed by atoms with Crippen LogP contribution >= 0.6 is 0 Å². The molecule has 0 aliphatic heterocycles. The molecule has 0 unspecified atom stereocenters. The number of fused-ring (bicyclic) bond motifs is 1. The second kappa shape index (κ2) is 7.09. The molecular formula is C19H18N2O4. The minimum Gasteiger partial charge on any atom is -0.497 e. The van der Waals surface area contributed by atoms with Crippen LogP contribution in [-0.2, 0) is 16.1 Å². The van der Waals surface area contributed by atoms with Crippen molar-refractivity contribution in [2.45, 2.75) is 6.54 Å². The number of rotatable bonds is 5. The van der Waals surface area contributed by atoms with Crippen LogP contribution in [0.25, 0.3) is 10.9 Å². The number of amides is 1. The van der Waals surface area contributed by atoms with Gasteiger partial charge in [-0.15, -0.1) is 0 Å². The van der Waals surface area contributed by atoms with Gasteiger partial charge in [-0.2, -0.15) is 0 Å². The molecule has 6 nitrogen and oxygen atoms in total. The number of aromatic nitrogens is 1. The van der Waals surface area contributed by atoms with Crippen LogP contribution in [0.5, 0.6) is 5.75 Å². The van der Waals surface area contributed by atoms with E-state index >= 15 is 0 Å². The van der Waals surface area contributed by atoms with Gasteiger partial charge in [0.1, 0.15) is 12.3 Å². The average molecular weight is 338 g/mol. The van der Waals surface area contributed by atoms with Crippen LogP contribution in [0, 0.1) is 0 Å². The van der Waals surface area contributed by atoms with E-state index in [2.05, 4.69) is 5.32 Å². The molecule has 0 fully saturated rings. The van der Waals surface area contributed by atoms with Crippen molar-refractivity contribution in [1.29, 1.82) is 0 Å². The van der Waals surface area contributed by atoms with Crippen molar-refractivity contribution in [3.63, 3.8) is 0 Å². The summed E-state index contributed by atoms with van der Waals surface area (Å²) in [6, 6.07) is 14.5. The molecule has 2 aromatic carbocycles. The second-order valence-electron chi connectivity index (χ2n) is 5.46. The lowest BCUT2D eigenvalue weighted by Crippen LogP contribution is -2.18. The Morgan fingerprint density at radius 3 is 2.44 bits per heavy atom. The van der Waals surface area contributed by atoms with Gasteiger partial charge in [0, 0.05) is 22.8 Å². The van der Waals surface area contributed by atoms with E-state index in [1.54, 1.807) is 42.1 Å². The Balaban J connectivity index is 1.82. The third-order valence-corrected chi connectivity index (χ3v) is 3.88. The maximum atomic E-state index is 12.3. The van der Waals surface area contributed by atoms with E-state index < -0.39 is 5.97 Å². The molecule has 6 heteroatoms. The van der Waals surface area contributed by atoms with E-state index in [-0.39, 0.29) is 12.5 Å². The molecule has 1 amide bonds. The van der Waals surface area contributed by atoms with Gasteiger partial charge in [-0.25, -0.2) is 4.79 Å². The Kier molecular flexibility index (Phi) is 4.70. The number of nitrogens with one attached hydrogen (secondary N) is 1. The van der Waals surface area contributed by atoms with E-state index in [0.717, 1.165) is 16.7 Å². The van der Waals surface area contributed by atoms with Crippen LogP contribution in [0.2, 0.25) is 0 Å². The van der Waals surface area contributed by atoms with Gasteiger partial charge in [0.25, 0.3) is 0 Å². The zero-order chi connectivity index (χ0) is 17.8. The number of anilines is 1. The van der Waals surface area contributed by atoms with Gasteiger partial charge in [0.05, 0.1) is 19.8 Å². The number of hydrogen-bond donors (Lipinski definition) is 1. The molecule has 0 aliphatic rings. The molecule has 3 rings (SSSR count). The Hall–Kier alpha value is -3.28. The number of para-hydroxylation sites is 1. The number of nitrogens with zero attached hydrogens (tertiary/aromatic N) is 1. The van der Waals surface area contributed by atoms with Gasteiger partial charge < -0.3 is 19.4 Å².